The van der Waals surface area contributed by atoms with Crippen LogP contribution in [0.5, 0.6) is 11.5 Å². The predicted octanol–water partition coefficient (Wildman–Crippen LogP) is 3.88. The number of likely N-dealkylation sites (tertiary alicyclic amines) is 1. The van der Waals surface area contributed by atoms with Crippen molar-refractivity contribution in [1.82, 2.24) is 4.90 Å². The Balaban J connectivity index is 1.50. The summed E-state index contributed by atoms with van der Waals surface area (Å²) >= 11 is 0. The lowest BCUT2D eigenvalue weighted by Gasteiger charge is -2.30. The summed E-state index contributed by atoms with van der Waals surface area (Å²) in [5.74, 6) is 1.80. The first kappa shape index (κ1) is 20.7. The standard InChI is InChI=1S/C23H28N2O4/c1-18-7-6-12-25(15-18)23(26)17-29-24-14-20-10-11-21(22(13-20)27-2)28-16-19-8-4-3-5-9-19/h3-5,8-11,13-14,18H,6-7,12,15-17H2,1-2H3/b24-14+. The summed E-state index contributed by atoms with van der Waals surface area (Å²) in [4.78, 5) is 19.2. The minimum atomic E-state index is -0.0430. The third-order valence-electron chi connectivity index (χ3n) is 4.90. The van der Waals surface area contributed by atoms with Crippen molar-refractivity contribution in [3.63, 3.8) is 0 Å². The summed E-state index contributed by atoms with van der Waals surface area (Å²) in [5.41, 5.74) is 1.88. The summed E-state index contributed by atoms with van der Waals surface area (Å²) in [7, 11) is 1.60. The Bertz CT molecular complexity index is 823. The average Bonchev–Trinajstić information content (AvgIpc) is 2.76. The largest absolute Gasteiger partial charge is 0.493 e. The van der Waals surface area contributed by atoms with Gasteiger partial charge in [0.05, 0.1) is 13.3 Å². The van der Waals surface area contributed by atoms with Crippen LogP contribution in [0.2, 0.25) is 0 Å². The van der Waals surface area contributed by atoms with Gasteiger partial charge in [-0.25, -0.2) is 0 Å². The maximum Gasteiger partial charge on any atom is 0.263 e. The second kappa shape index (κ2) is 10.5. The van der Waals surface area contributed by atoms with E-state index < -0.39 is 0 Å². The van der Waals surface area contributed by atoms with Crippen LogP contribution in [0.15, 0.2) is 53.7 Å². The molecule has 154 valence electrons. The first-order valence-corrected chi connectivity index (χ1v) is 9.93. The Hall–Kier alpha value is -3.02. The molecule has 1 aliphatic heterocycles. The Morgan fingerprint density at radius 1 is 1.21 bits per heavy atom. The lowest BCUT2D eigenvalue weighted by molar-refractivity contribution is -0.137. The van der Waals surface area contributed by atoms with Crippen LogP contribution in [0.25, 0.3) is 0 Å². The van der Waals surface area contributed by atoms with Crippen molar-refractivity contribution in [2.75, 3.05) is 26.8 Å². The SMILES string of the molecule is COc1cc(/C=N/OCC(=O)N2CCCC(C)C2)ccc1OCc1ccccc1. The summed E-state index contributed by atoms with van der Waals surface area (Å²) < 4.78 is 11.3. The molecule has 0 bridgehead atoms. The molecule has 0 N–H and O–H groups in total. The molecule has 3 rings (SSSR count). The lowest BCUT2D eigenvalue weighted by atomic mass is 10.0. The fraction of sp³-hybridized carbons (Fsp3) is 0.391. The van der Waals surface area contributed by atoms with Crippen LogP contribution < -0.4 is 9.47 Å². The number of amides is 1. The van der Waals surface area contributed by atoms with E-state index in [0.29, 0.717) is 24.0 Å². The van der Waals surface area contributed by atoms with Crippen molar-refractivity contribution < 1.29 is 19.1 Å². The number of ether oxygens (including phenoxy) is 2. The van der Waals surface area contributed by atoms with Gasteiger partial charge in [-0.05, 0) is 42.5 Å². The third-order valence-corrected chi connectivity index (χ3v) is 4.90. The number of piperidine rings is 1. The first-order valence-electron chi connectivity index (χ1n) is 9.93. The number of oxime groups is 1. The Morgan fingerprint density at radius 2 is 2.03 bits per heavy atom. The Morgan fingerprint density at radius 3 is 2.79 bits per heavy atom. The van der Waals surface area contributed by atoms with Gasteiger partial charge in [-0.1, -0.05) is 42.4 Å². The van der Waals surface area contributed by atoms with E-state index in [9.17, 15) is 4.79 Å². The number of hydrogen-bond donors (Lipinski definition) is 0. The summed E-state index contributed by atoms with van der Waals surface area (Å²) in [5, 5.41) is 3.93. The first-order chi connectivity index (χ1) is 14.2. The lowest BCUT2D eigenvalue weighted by Crippen LogP contribution is -2.40. The fourth-order valence-corrected chi connectivity index (χ4v) is 3.32. The van der Waals surface area contributed by atoms with E-state index in [2.05, 4.69) is 12.1 Å². The van der Waals surface area contributed by atoms with Crippen LogP contribution in [0.4, 0.5) is 0 Å². The van der Waals surface area contributed by atoms with Crippen LogP contribution in [0.1, 0.15) is 30.9 Å². The second-order valence-electron chi connectivity index (χ2n) is 7.28. The highest BCUT2D eigenvalue weighted by atomic mass is 16.6. The van der Waals surface area contributed by atoms with Gasteiger partial charge >= 0.3 is 0 Å². The zero-order valence-corrected chi connectivity index (χ0v) is 17.0. The van der Waals surface area contributed by atoms with E-state index in [1.165, 1.54) is 6.42 Å². The van der Waals surface area contributed by atoms with Gasteiger partial charge in [0.1, 0.15) is 6.61 Å². The molecule has 0 aromatic heterocycles. The van der Waals surface area contributed by atoms with Gasteiger partial charge in [0, 0.05) is 18.7 Å². The third kappa shape index (κ3) is 6.24. The van der Waals surface area contributed by atoms with E-state index in [1.54, 1.807) is 13.3 Å². The van der Waals surface area contributed by atoms with Gasteiger partial charge in [-0.15, -0.1) is 0 Å². The van der Waals surface area contributed by atoms with Crippen molar-refractivity contribution in [2.45, 2.75) is 26.4 Å². The molecule has 1 saturated heterocycles. The molecule has 6 nitrogen and oxygen atoms in total. The highest BCUT2D eigenvalue weighted by Crippen LogP contribution is 2.28. The number of carbonyl (C=O) groups excluding carboxylic acids is 1. The minimum absolute atomic E-state index is 0.0176. The van der Waals surface area contributed by atoms with E-state index >= 15 is 0 Å². The van der Waals surface area contributed by atoms with Crippen LogP contribution >= 0.6 is 0 Å². The van der Waals surface area contributed by atoms with Gasteiger partial charge in [0.25, 0.3) is 5.91 Å². The van der Waals surface area contributed by atoms with E-state index in [-0.39, 0.29) is 12.5 Å². The van der Waals surface area contributed by atoms with Crippen LogP contribution in [-0.4, -0.2) is 43.8 Å². The van der Waals surface area contributed by atoms with Crippen molar-refractivity contribution in [3.8, 4) is 11.5 Å². The molecule has 1 unspecified atom stereocenters. The van der Waals surface area contributed by atoms with Crippen molar-refractivity contribution >= 4 is 12.1 Å². The highest BCUT2D eigenvalue weighted by molar-refractivity contribution is 5.81. The van der Waals surface area contributed by atoms with Crippen LogP contribution in [0.3, 0.4) is 0 Å². The molecule has 2 aromatic carbocycles. The number of carbonyl (C=O) groups is 1. The molecule has 0 radical (unpaired) electrons. The zero-order chi connectivity index (χ0) is 20.5. The smallest absolute Gasteiger partial charge is 0.263 e. The van der Waals surface area contributed by atoms with Gasteiger partial charge in [0.15, 0.2) is 18.1 Å². The molecule has 6 heteroatoms. The molecule has 1 atom stereocenters. The van der Waals surface area contributed by atoms with Gasteiger partial charge in [-0.2, -0.15) is 0 Å². The molecule has 0 spiro atoms. The average molecular weight is 396 g/mol. The molecular formula is C23H28N2O4. The Labute approximate surface area is 172 Å². The molecule has 1 aliphatic rings. The molecule has 1 heterocycles. The number of nitrogens with zero attached hydrogens (tertiary/aromatic N) is 2. The monoisotopic (exact) mass is 396 g/mol. The zero-order valence-electron chi connectivity index (χ0n) is 17.0. The second-order valence-corrected chi connectivity index (χ2v) is 7.28. The molecule has 0 aliphatic carbocycles. The topological polar surface area (TPSA) is 60.4 Å². The Kier molecular flexibility index (Phi) is 7.50. The van der Waals surface area contributed by atoms with Crippen molar-refractivity contribution in [3.05, 3.63) is 59.7 Å². The molecule has 1 amide bonds. The highest BCUT2D eigenvalue weighted by Gasteiger charge is 2.20. The molecule has 1 fully saturated rings. The van der Waals surface area contributed by atoms with E-state index in [1.807, 2.05) is 53.4 Å². The number of benzene rings is 2. The predicted molar refractivity (Wildman–Crippen MR) is 112 cm³/mol. The summed E-state index contributed by atoms with van der Waals surface area (Å²) in [6.07, 6.45) is 3.79. The quantitative estimate of drug-likeness (QED) is 0.502. The summed E-state index contributed by atoms with van der Waals surface area (Å²) in [6, 6.07) is 15.5. The van der Waals surface area contributed by atoms with Gasteiger partial charge < -0.3 is 19.2 Å². The van der Waals surface area contributed by atoms with E-state index in [0.717, 1.165) is 30.6 Å². The molecule has 2 aromatic rings. The normalized spacial score (nSPS) is 16.6. The van der Waals surface area contributed by atoms with Crippen LogP contribution in [0, 0.1) is 5.92 Å². The van der Waals surface area contributed by atoms with Crippen molar-refractivity contribution in [1.29, 1.82) is 0 Å². The molecule has 29 heavy (non-hydrogen) atoms. The number of hydrogen-bond acceptors (Lipinski definition) is 5. The minimum Gasteiger partial charge on any atom is -0.493 e. The maximum absolute atomic E-state index is 12.2. The van der Waals surface area contributed by atoms with Crippen molar-refractivity contribution in [2.24, 2.45) is 11.1 Å². The van der Waals surface area contributed by atoms with Crippen LogP contribution in [-0.2, 0) is 16.2 Å². The fourth-order valence-electron chi connectivity index (χ4n) is 3.32. The maximum atomic E-state index is 12.2. The van der Waals surface area contributed by atoms with Gasteiger partial charge in [-0.3, -0.25) is 4.79 Å². The number of methoxy groups -OCH3 is 1. The number of rotatable bonds is 8. The van der Waals surface area contributed by atoms with Gasteiger partial charge in [0.2, 0.25) is 0 Å². The molecule has 0 saturated carbocycles. The van der Waals surface area contributed by atoms with E-state index in [4.69, 9.17) is 14.3 Å². The summed E-state index contributed by atoms with van der Waals surface area (Å²) in [6.45, 7) is 4.19. The molecular weight excluding hydrogens is 368 g/mol.